The van der Waals surface area contributed by atoms with Gasteiger partial charge >= 0.3 is 11.6 Å². The lowest BCUT2D eigenvalue weighted by Gasteiger charge is -2.32. The number of carbonyl (C=O) groups excluding carboxylic acids is 2. The molecule has 1 fully saturated rings. The van der Waals surface area contributed by atoms with Gasteiger partial charge in [0.25, 0.3) is 11.8 Å². The van der Waals surface area contributed by atoms with Gasteiger partial charge in [0.1, 0.15) is 0 Å². The first-order chi connectivity index (χ1) is 16.1. The van der Waals surface area contributed by atoms with Gasteiger partial charge in [0.05, 0.1) is 11.0 Å². The highest BCUT2D eigenvalue weighted by Gasteiger charge is 2.59. The Kier molecular flexibility index (Phi) is 6.15. The van der Waals surface area contributed by atoms with Gasteiger partial charge in [-0.2, -0.15) is 0 Å². The second-order valence-corrected chi connectivity index (χ2v) is 8.20. The van der Waals surface area contributed by atoms with Crippen molar-refractivity contribution in [3.8, 4) is 0 Å². The number of amides is 2. The number of imidazole rings is 1. The van der Waals surface area contributed by atoms with E-state index in [1.165, 1.54) is 24.6 Å². The molecule has 9 N–H and O–H groups in total. The molecule has 1 aromatic heterocycles. The van der Waals surface area contributed by atoms with Gasteiger partial charge in [-0.25, -0.2) is 4.98 Å². The summed E-state index contributed by atoms with van der Waals surface area (Å²) >= 11 is 0. The molecule has 12 heteroatoms. The van der Waals surface area contributed by atoms with Crippen LogP contribution in [0.4, 0.5) is 23.0 Å². The molecule has 0 bridgehead atoms. The molecular formula is C22H26N6O6. The lowest BCUT2D eigenvalue weighted by molar-refractivity contribution is -0.315. The van der Waals surface area contributed by atoms with Gasteiger partial charge in [-0.1, -0.05) is 0 Å². The summed E-state index contributed by atoms with van der Waals surface area (Å²) in [6.45, 7) is 1.85. The Balaban J connectivity index is 1.44. The summed E-state index contributed by atoms with van der Waals surface area (Å²) in [5, 5.41) is 45.1. The Morgan fingerprint density at radius 3 is 2.06 bits per heavy atom. The Bertz CT molecular complexity index is 1200. The van der Waals surface area contributed by atoms with Crippen LogP contribution in [0.1, 0.15) is 19.3 Å². The fourth-order valence-electron chi connectivity index (χ4n) is 3.77. The molecule has 12 nitrogen and oxygen atoms in total. The monoisotopic (exact) mass is 470 g/mol. The van der Waals surface area contributed by atoms with Gasteiger partial charge in [-0.15, -0.1) is 0 Å². The van der Waals surface area contributed by atoms with Gasteiger partial charge in [0, 0.05) is 30.2 Å². The van der Waals surface area contributed by atoms with Gasteiger partial charge in [-0.3, -0.25) is 9.59 Å². The number of nitrogens with zero attached hydrogens (tertiary/aromatic N) is 2. The van der Waals surface area contributed by atoms with Gasteiger partial charge in [-0.05, 0) is 61.7 Å². The fraction of sp³-hybridized carbons (Fsp3) is 0.318. The van der Waals surface area contributed by atoms with Crippen molar-refractivity contribution < 1.29 is 30.0 Å². The molecule has 0 saturated carbocycles. The molecule has 1 aliphatic heterocycles. The second-order valence-electron chi connectivity index (χ2n) is 8.20. The van der Waals surface area contributed by atoms with Gasteiger partial charge < -0.3 is 46.7 Å². The number of aromatic nitrogens is 2. The first-order valence-electron chi connectivity index (χ1n) is 10.7. The van der Waals surface area contributed by atoms with Crippen molar-refractivity contribution in [1.82, 2.24) is 9.97 Å². The van der Waals surface area contributed by atoms with E-state index in [2.05, 4.69) is 25.5 Å². The maximum Gasteiger partial charge on any atom is 0.310 e. The SMILES string of the molecule is Nc1nc2ccc(NC(=O)C(O)(O)C(O)(O)C(=O)Nc3ccc(N4CCCCC4)cc3)cc2[nH]1. The smallest absolute Gasteiger partial charge is 0.310 e. The molecule has 0 unspecified atom stereocenters. The van der Waals surface area contributed by atoms with E-state index in [0.717, 1.165) is 31.6 Å². The highest BCUT2D eigenvalue weighted by molar-refractivity contribution is 6.05. The summed E-state index contributed by atoms with van der Waals surface area (Å²) in [6.07, 6.45) is 3.37. The number of hydrogen-bond donors (Lipinski definition) is 8. The van der Waals surface area contributed by atoms with E-state index in [9.17, 15) is 30.0 Å². The number of aliphatic hydroxyl groups is 4. The highest BCUT2D eigenvalue weighted by Crippen LogP contribution is 2.25. The van der Waals surface area contributed by atoms with Crippen LogP contribution >= 0.6 is 0 Å². The minimum absolute atomic E-state index is 0.0677. The largest absolute Gasteiger partial charge is 0.372 e. The lowest BCUT2D eigenvalue weighted by atomic mass is 10.0. The van der Waals surface area contributed by atoms with Crippen molar-refractivity contribution in [2.75, 3.05) is 34.4 Å². The van der Waals surface area contributed by atoms with Crippen LogP contribution in [0.25, 0.3) is 11.0 Å². The van der Waals surface area contributed by atoms with Crippen molar-refractivity contribution in [1.29, 1.82) is 0 Å². The summed E-state index contributed by atoms with van der Waals surface area (Å²) in [4.78, 5) is 33.8. The Morgan fingerprint density at radius 1 is 0.882 bits per heavy atom. The van der Waals surface area contributed by atoms with E-state index in [0.29, 0.717) is 11.0 Å². The number of H-pyrrole nitrogens is 1. The van der Waals surface area contributed by atoms with Crippen LogP contribution in [0.5, 0.6) is 0 Å². The number of benzene rings is 2. The minimum atomic E-state index is -3.88. The lowest BCUT2D eigenvalue weighted by Crippen LogP contribution is -2.66. The number of aromatic amines is 1. The molecule has 0 aliphatic carbocycles. The van der Waals surface area contributed by atoms with Crippen LogP contribution in [-0.4, -0.2) is 66.9 Å². The van der Waals surface area contributed by atoms with E-state index in [4.69, 9.17) is 5.73 Å². The van der Waals surface area contributed by atoms with Gasteiger partial charge in [0.2, 0.25) is 0 Å². The van der Waals surface area contributed by atoms with E-state index in [-0.39, 0.29) is 17.3 Å². The Hall–Kier alpha value is -3.71. The summed E-state index contributed by atoms with van der Waals surface area (Å²) < 4.78 is 0. The minimum Gasteiger partial charge on any atom is -0.372 e. The number of anilines is 4. The number of nitrogens with one attached hydrogen (secondary N) is 3. The molecular weight excluding hydrogens is 444 g/mol. The molecule has 2 heterocycles. The standard InChI is InChI=1S/C22H26N6O6/c23-20-26-16-9-6-14(12-17(16)27-20)25-19(30)22(33,34)21(31,32)18(29)24-13-4-7-15(8-5-13)28-10-2-1-3-11-28/h4-9,12,31-34H,1-3,10-11H2,(H,24,29)(H,25,30)(H3,23,26,27). The molecule has 1 aliphatic rings. The van der Waals surface area contributed by atoms with Gasteiger partial charge in [0.15, 0.2) is 5.95 Å². The maximum absolute atomic E-state index is 12.5. The van der Waals surface area contributed by atoms with Crippen LogP contribution < -0.4 is 21.3 Å². The molecule has 4 rings (SSSR count). The third-order valence-electron chi connectivity index (χ3n) is 5.72. The first-order valence-corrected chi connectivity index (χ1v) is 10.7. The van der Waals surface area contributed by atoms with Crippen molar-refractivity contribution in [2.24, 2.45) is 0 Å². The Morgan fingerprint density at radius 2 is 1.44 bits per heavy atom. The topological polar surface area (TPSA) is 197 Å². The Labute approximate surface area is 194 Å². The number of nitrogen functional groups attached to an aromatic ring is 1. The van der Waals surface area contributed by atoms with Crippen LogP contribution in [-0.2, 0) is 9.59 Å². The zero-order valence-corrected chi connectivity index (χ0v) is 18.2. The number of hydrogen-bond acceptors (Lipinski definition) is 9. The van der Waals surface area contributed by atoms with Crippen LogP contribution in [0, 0.1) is 0 Å². The molecule has 2 aromatic carbocycles. The molecule has 34 heavy (non-hydrogen) atoms. The molecule has 1 saturated heterocycles. The quantitative estimate of drug-likeness (QED) is 0.230. The fourth-order valence-corrected chi connectivity index (χ4v) is 3.77. The molecule has 0 spiro atoms. The molecule has 0 atom stereocenters. The predicted molar refractivity (Wildman–Crippen MR) is 125 cm³/mol. The third-order valence-corrected chi connectivity index (χ3v) is 5.72. The molecule has 3 aromatic rings. The number of rotatable bonds is 6. The summed E-state index contributed by atoms with van der Waals surface area (Å²) in [7, 11) is 0. The first kappa shape index (κ1) is 23.4. The number of nitrogens with two attached hydrogens (primary N) is 1. The number of fused-ring (bicyclic) bond motifs is 1. The zero-order valence-electron chi connectivity index (χ0n) is 18.2. The summed E-state index contributed by atoms with van der Waals surface area (Å²) in [5.74, 6) is -10.9. The molecule has 2 amide bonds. The third kappa shape index (κ3) is 4.52. The molecule has 0 radical (unpaired) electrons. The summed E-state index contributed by atoms with van der Waals surface area (Å²) in [5.41, 5.74) is 7.70. The maximum atomic E-state index is 12.5. The predicted octanol–water partition coefficient (Wildman–Crippen LogP) is 0.0744. The second kappa shape index (κ2) is 8.91. The number of carbonyl (C=O) groups is 2. The average molecular weight is 470 g/mol. The van der Waals surface area contributed by atoms with Crippen molar-refractivity contribution >= 4 is 45.9 Å². The van der Waals surface area contributed by atoms with E-state index < -0.39 is 23.4 Å². The van der Waals surface area contributed by atoms with Crippen molar-refractivity contribution in [3.05, 3.63) is 42.5 Å². The van der Waals surface area contributed by atoms with E-state index in [1.807, 2.05) is 0 Å². The average Bonchev–Trinajstić information content (AvgIpc) is 3.19. The van der Waals surface area contributed by atoms with Crippen molar-refractivity contribution in [2.45, 2.75) is 30.8 Å². The van der Waals surface area contributed by atoms with Crippen LogP contribution in [0.2, 0.25) is 0 Å². The van der Waals surface area contributed by atoms with E-state index in [1.54, 1.807) is 24.3 Å². The summed E-state index contributed by atoms with van der Waals surface area (Å²) in [6, 6.07) is 10.9. The highest BCUT2D eigenvalue weighted by atomic mass is 16.6. The normalized spacial score (nSPS) is 14.8. The van der Waals surface area contributed by atoms with Crippen molar-refractivity contribution in [3.63, 3.8) is 0 Å². The van der Waals surface area contributed by atoms with Crippen LogP contribution in [0.3, 0.4) is 0 Å². The number of piperidine rings is 1. The molecule has 180 valence electrons. The van der Waals surface area contributed by atoms with Crippen LogP contribution in [0.15, 0.2) is 42.5 Å². The zero-order chi connectivity index (χ0) is 24.5. The van der Waals surface area contributed by atoms with E-state index >= 15 is 0 Å².